The standard InChI is InChI=1S/C13H20FNO/c1-4-5-9(2)16-13-7-6-11(14)8-12(13)10(3)15/h6-10H,4-5,15H2,1-3H3/t9?,10-/m0/s1. The quantitative estimate of drug-likeness (QED) is 0.833. The van der Waals surface area contributed by atoms with E-state index in [4.69, 9.17) is 10.5 Å². The molecule has 1 unspecified atom stereocenters. The molecule has 0 aliphatic heterocycles. The zero-order chi connectivity index (χ0) is 12.1. The van der Waals surface area contributed by atoms with Crippen LogP contribution in [0.5, 0.6) is 5.75 Å². The van der Waals surface area contributed by atoms with E-state index in [9.17, 15) is 4.39 Å². The molecule has 0 saturated carbocycles. The van der Waals surface area contributed by atoms with Gasteiger partial charge in [0.15, 0.2) is 0 Å². The summed E-state index contributed by atoms with van der Waals surface area (Å²) in [5.41, 5.74) is 6.51. The summed E-state index contributed by atoms with van der Waals surface area (Å²) in [4.78, 5) is 0. The van der Waals surface area contributed by atoms with E-state index in [0.717, 1.165) is 18.4 Å². The molecule has 16 heavy (non-hydrogen) atoms. The van der Waals surface area contributed by atoms with Crippen molar-refractivity contribution in [2.24, 2.45) is 5.73 Å². The Kier molecular flexibility index (Phi) is 4.74. The molecule has 0 spiro atoms. The molecular formula is C13H20FNO. The maximum atomic E-state index is 13.1. The van der Waals surface area contributed by atoms with Crippen LogP contribution in [0.2, 0.25) is 0 Å². The van der Waals surface area contributed by atoms with Crippen LogP contribution in [0.1, 0.15) is 45.2 Å². The van der Waals surface area contributed by atoms with E-state index < -0.39 is 0 Å². The van der Waals surface area contributed by atoms with Crippen molar-refractivity contribution in [1.29, 1.82) is 0 Å². The van der Waals surface area contributed by atoms with Crippen LogP contribution in [0, 0.1) is 5.82 Å². The predicted molar refractivity (Wildman–Crippen MR) is 64.0 cm³/mol. The minimum atomic E-state index is -0.275. The van der Waals surface area contributed by atoms with Crippen LogP contribution in [0.15, 0.2) is 18.2 Å². The molecule has 0 saturated heterocycles. The number of rotatable bonds is 5. The van der Waals surface area contributed by atoms with Crippen molar-refractivity contribution in [3.63, 3.8) is 0 Å². The lowest BCUT2D eigenvalue weighted by molar-refractivity contribution is 0.207. The summed E-state index contributed by atoms with van der Waals surface area (Å²) in [6.45, 7) is 5.95. The van der Waals surface area contributed by atoms with Crippen molar-refractivity contribution in [2.75, 3.05) is 0 Å². The first-order valence-corrected chi connectivity index (χ1v) is 5.76. The second-order valence-electron chi connectivity index (χ2n) is 4.19. The Morgan fingerprint density at radius 1 is 1.38 bits per heavy atom. The topological polar surface area (TPSA) is 35.2 Å². The lowest BCUT2D eigenvalue weighted by Crippen LogP contribution is -2.15. The van der Waals surface area contributed by atoms with Gasteiger partial charge in [-0.1, -0.05) is 13.3 Å². The van der Waals surface area contributed by atoms with Gasteiger partial charge in [-0.05, 0) is 38.5 Å². The molecule has 0 radical (unpaired) electrons. The molecule has 0 heterocycles. The highest BCUT2D eigenvalue weighted by molar-refractivity contribution is 5.36. The normalized spacial score (nSPS) is 14.6. The molecule has 3 heteroatoms. The highest BCUT2D eigenvalue weighted by Gasteiger charge is 2.11. The van der Waals surface area contributed by atoms with E-state index in [1.807, 2.05) is 13.8 Å². The Labute approximate surface area is 96.6 Å². The fourth-order valence-corrected chi connectivity index (χ4v) is 1.66. The number of hydrogen-bond acceptors (Lipinski definition) is 2. The van der Waals surface area contributed by atoms with Crippen LogP contribution >= 0.6 is 0 Å². The zero-order valence-electron chi connectivity index (χ0n) is 10.2. The maximum absolute atomic E-state index is 13.1. The van der Waals surface area contributed by atoms with Gasteiger partial charge in [0.25, 0.3) is 0 Å². The van der Waals surface area contributed by atoms with Crippen molar-refractivity contribution in [3.05, 3.63) is 29.6 Å². The molecule has 90 valence electrons. The van der Waals surface area contributed by atoms with E-state index in [-0.39, 0.29) is 18.0 Å². The van der Waals surface area contributed by atoms with E-state index in [1.54, 1.807) is 6.07 Å². The first-order valence-electron chi connectivity index (χ1n) is 5.76. The molecule has 1 rings (SSSR count). The van der Waals surface area contributed by atoms with Crippen molar-refractivity contribution >= 4 is 0 Å². The van der Waals surface area contributed by atoms with Gasteiger partial charge in [-0.15, -0.1) is 0 Å². The average molecular weight is 225 g/mol. The molecule has 1 aromatic rings. The third-order valence-corrected chi connectivity index (χ3v) is 2.49. The monoisotopic (exact) mass is 225 g/mol. The van der Waals surface area contributed by atoms with Gasteiger partial charge in [-0.3, -0.25) is 0 Å². The van der Waals surface area contributed by atoms with Crippen molar-refractivity contribution in [1.82, 2.24) is 0 Å². The van der Waals surface area contributed by atoms with Gasteiger partial charge in [-0.25, -0.2) is 4.39 Å². The predicted octanol–water partition coefficient (Wildman–Crippen LogP) is 3.41. The fourth-order valence-electron chi connectivity index (χ4n) is 1.66. The van der Waals surface area contributed by atoms with Gasteiger partial charge in [0.2, 0.25) is 0 Å². The molecular weight excluding hydrogens is 205 g/mol. The first-order chi connectivity index (χ1) is 7.54. The number of nitrogens with two attached hydrogens (primary N) is 1. The summed E-state index contributed by atoms with van der Waals surface area (Å²) in [5, 5.41) is 0. The Balaban J connectivity index is 2.86. The molecule has 2 N–H and O–H groups in total. The van der Waals surface area contributed by atoms with Gasteiger partial charge < -0.3 is 10.5 Å². The van der Waals surface area contributed by atoms with Gasteiger partial charge >= 0.3 is 0 Å². The molecule has 0 aliphatic carbocycles. The van der Waals surface area contributed by atoms with E-state index in [2.05, 4.69) is 6.92 Å². The number of ether oxygens (including phenoxy) is 1. The Bertz CT molecular complexity index is 339. The summed E-state index contributed by atoms with van der Waals surface area (Å²) in [6.07, 6.45) is 2.18. The summed E-state index contributed by atoms with van der Waals surface area (Å²) >= 11 is 0. The highest BCUT2D eigenvalue weighted by atomic mass is 19.1. The van der Waals surface area contributed by atoms with Gasteiger partial charge in [0.1, 0.15) is 11.6 Å². The number of benzene rings is 1. The van der Waals surface area contributed by atoms with Gasteiger partial charge in [0.05, 0.1) is 6.10 Å². The lowest BCUT2D eigenvalue weighted by Gasteiger charge is -2.18. The molecule has 0 aromatic heterocycles. The molecule has 2 atom stereocenters. The van der Waals surface area contributed by atoms with E-state index >= 15 is 0 Å². The average Bonchev–Trinajstić information content (AvgIpc) is 2.20. The molecule has 0 fully saturated rings. The molecule has 1 aromatic carbocycles. The molecule has 0 aliphatic rings. The highest BCUT2D eigenvalue weighted by Crippen LogP contribution is 2.26. The van der Waals surface area contributed by atoms with Crippen molar-refractivity contribution in [2.45, 2.75) is 45.8 Å². The smallest absolute Gasteiger partial charge is 0.124 e. The lowest BCUT2D eigenvalue weighted by atomic mass is 10.1. The van der Waals surface area contributed by atoms with Crippen LogP contribution in [0.25, 0.3) is 0 Å². The first kappa shape index (κ1) is 13.0. The van der Waals surface area contributed by atoms with Crippen molar-refractivity contribution in [3.8, 4) is 5.75 Å². The summed E-state index contributed by atoms with van der Waals surface area (Å²) in [5.74, 6) is 0.417. The third kappa shape index (κ3) is 3.49. The minimum Gasteiger partial charge on any atom is -0.490 e. The molecule has 0 bridgehead atoms. The van der Waals surface area contributed by atoms with Crippen LogP contribution in [-0.4, -0.2) is 6.10 Å². The zero-order valence-corrected chi connectivity index (χ0v) is 10.2. The number of hydrogen-bond donors (Lipinski definition) is 1. The van der Waals surface area contributed by atoms with Crippen LogP contribution < -0.4 is 10.5 Å². The Morgan fingerprint density at radius 3 is 2.62 bits per heavy atom. The van der Waals surface area contributed by atoms with Crippen LogP contribution in [0.3, 0.4) is 0 Å². The second-order valence-corrected chi connectivity index (χ2v) is 4.19. The fraction of sp³-hybridized carbons (Fsp3) is 0.538. The van der Waals surface area contributed by atoms with Crippen LogP contribution in [-0.2, 0) is 0 Å². The van der Waals surface area contributed by atoms with Crippen LogP contribution in [0.4, 0.5) is 4.39 Å². The van der Waals surface area contributed by atoms with E-state index in [1.165, 1.54) is 12.1 Å². The molecule has 0 amide bonds. The van der Waals surface area contributed by atoms with Gasteiger partial charge in [-0.2, -0.15) is 0 Å². The maximum Gasteiger partial charge on any atom is 0.124 e. The Morgan fingerprint density at radius 2 is 2.06 bits per heavy atom. The Hall–Kier alpha value is -1.09. The van der Waals surface area contributed by atoms with Gasteiger partial charge in [0, 0.05) is 11.6 Å². The second kappa shape index (κ2) is 5.85. The SMILES string of the molecule is CCCC(C)Oc1ccc(F)cc1[C@H](C)N. The summed E-state index contributed by atoms with van der Waals surface area (Å²) in [6, 6.07) is 4.28. The molecule has 2 nitrogen and oxygen atoms in total. The van der Waals surface area contributed by atoms with E-state index in [0.29, 0.717) is 5.75 Å². The minimum absolute atomic E-state index is 0.132. The summed E-state index contributed by atoms with van der Waals surface area (Å²) in [7, 11) is 0. The number of halogens is 1. The third-order valence-electron chi connectivity index (χ3n) is 2.49. The largest absolute Gasteiger partial charge is 0.490 e. The summed E-state index contributed by atoms with van der Waals surface area (Å²) < 4.78 is 18.8. The van der Waals surface area contributed by atoms with Crippen molar-refractivity contribution < 1.29 is 9.13 Å².